The number of rotatable bonds is 12. The average molecular weight is 578 g/mol. The number of imidazole rings is 1. The summed E-state index contributed by atoms with van der Waals surface area (Å²) in [4.78, 5) is 32.6. The molecule has 220 valence electrons. The number of hydrogen-bond acceptors (Lipinski definition) is 9. The van der Waals surface area contributed by atoms with Crippen molar-refractivity contribution in [2.45, 2.75) is 40.3 Å². The van der Waals surface area contributed by atoms with E-state index >= 15 is 0 Å². The molecule has 0 spiro atoms. The van der Waals surface area contributed by atoms with E-state index in [4.69, 9.17) is 14.5 Å². The highest BCUT2D eigenvalue weighted by molar-refractivity contribution is 5.94. The monoisotopic (exact) mass is 577 g/mol. The number of aryl methyl sites for hydroxylation is 2. The first-order valence-electron chi connectivity index (χ1n) is 14.0. The van der Waals surface area contributed by atoms with Crippen molar-refractivity contribution in [3.63, 3.8) is 0 Å². The number of nitrogens with zero attached hydrogens (tertiary/aromatic N) is 6. The van der Waals surface area contributed by atoms with Crippen LogP contribution in [0.4, 0.5) is 17.5 Å². The van der Waals surface area contributed by atoms with Crippen LogP contribution in [0.25, 0.3) is 5.82 Å². The lowest BCUT2D eigenvalue weighted by Gasteiger charge is -2.25. The van der Waals surface area contributed by atoms with Crippen molar-refractivity contribution in [3.05, 3.63) is 107 Å². The van der Waals surface area contributed by atoms with Gasteiger partial charge in [0, 0.05) is 31.8 Å². The Labute approximate surface area is 251 Å². The first kappa shape index (κ1) is 29.2. The summed E-state index contributed by atoms with van der Waals surface area (Å²) in [6, 6.07) is 19.8. The first-order chi connectivity index (χ1) is 20.9. The molecule has 43 heavy (non-hydrogen) atoms. The first-order valence-corrected chi connectivity index (χ1v) is 14.0. The third-order valence-corrected chi connectivity index (χ3v) is 7.06. The molecule has 0 aliphatic carbocycles. The molecule has 3 heterocycles. The fourth-order valence-corrected chi connectivity index (χ4v) is 4.66. The molecule has 0 atom stereocenters. The molecule has 5 rings (SSSR count). The fourth-order valence-electron chi connectivity index (χ4n) is 4.66. The average Bonchev–Trinajstić information content (AvgIpc) is 3.41. The second-order valence-corrected chi connectivity index (χ2v) is 10.1. The van der Waals surface area contributed by atoms with E-state index < -0.39 is 0 Å². The Morgan fingerprint density at radius 1 is 0.884 bits per heavy atom. The number of nitrogens with one attached hydrogen (secondary N) is 1. The maximum atomic E-state index is 12.1. The summed E-state index contributed by atoms with van der Waals surface area (Å²) in [7, 11) is 3.32. The Morgan fingerprint density at radius 3 is 2.07 bits per heavy atom. The third kappa shape index (κ3) is 6.98. The predicted octanol–water partition coefficient (Wildman–Crippen LogP) is 6.23. The third-order valence-electron chi connectivity index (χ3n) is 7.06. The zero-order valence-electron chi connectivity index (χ0n) is 25.0. The van der Waals surface area contributed by atoms with Gasteiger partial charge in [-0.05, 0) is 60.9 Å². The van der Waals surface area contributed by atoms with Crippen molar-refractivity contribution in [2.75, 3.05) is 24.4 Å². The number of pyridine rings is 1. The quantitative estimate of drug-likeness (QED) is 0.173. The molecule has 10 heteroatoms. The lowest BCUT2D eigenvalue weighted by molar-refractivity contribution is 0.0983. The maximum absolute atomic E-state index is 12.1. The van der Waals surface area contributed by atoms with E-state index in [0.29, 0.717) is 37.0 Å². The molecular formula is C33H35N7O3. The number of methoxy groups -OCH3 is 2. The van der Waals surface area contributed by atoms with Gasteiger partial charge in [-0.1, -0.05) is 31.2 Å². The molecule has 3 aromatic heterocycles. The van der Waals surface area contributed by atoms with Crippen LogP contribution in [0.1, 0.15) is 46.2 Å². The zero-order valence-corrected chi connectivity index (χ0v) is 25.0. The molecule has 5 aromatic rings. The van der Waals surface area contributed by atoms with Gasteiger partial charge in [0.15, 0.2) is 5.78 Å². The van der Waals surface area contributed by atoms with Crippen LogP contribution < -0.4 is 19.7 Å². The van der Waals surface area contributed by atoms with E-state index in [0.717, 1.165) is 45.4 Å². The molecule has 0 bridgehead atoms. The van der Waals surface area contributed by atoms with E-state index in [9.17, 15) is 4.79 Å². The Morgan fingerprint density at radius 2 is 1.51 bits per heavy atom. The lowest BCUT2D eigenvalue weighted by Crippen LogP contribution is -2.23. The summed E-state index contributed by atoms with van der Waals surface area (Å²) in [5, 5.41) is 3.37. The van der Waals surface area contributed by atoms with Crippen LogP contribution in [0.5, 0.6) is 11.5 Å². The summed E-state index contributed by atoms with van der Waals surface area (Å²) in [6.45, 7) is 6.94. The van der Waals surface area contributed by atoms with Gasteiger partial charge in [-0.15, -0.1) is 0 Å². The summed E-state index contributed by atoms with van der Waals surface area (Å²) in [6.07, 6.45) is 5.57. The smallest absolute Gasteiger partial charge is 0.213 e. The maximum Gasteiger partial charge on any atom is 0.213 e. The number of carbonyl (C=O) groups excluding carboxylic acids is 1. The summed E-state index contributed by atoms with van der Waals surface area (Å²) >= 11 is 0. The lowest BCUT2D eigenvalue weighted by atomic mass is 10.1. The summed E-state index contributed by atoms with van der Waals surface area (Å²) in [5.41, 5.74) is 5.16. The van der Waals surface area contributed by atoms with E-state index in [1.807, 2.05) is 61.9 Å². The highest BCUT2D eigenvalue weighted by Crippen LogP contribution is 2.26. The van der Waals surface area contributed by atoms with Crippen molar-refractivity contribution < 1.29 is 14.3 Å². The number of Topliss-reactive ketones (excluding diaryl/α,β-unsaturated/α-hetero) is 1. The number of ketones is 1. The zero-order chi connectivity index (χ0) is 30.3. The number of ether oxygens (including phenoxy) is 2. The molecule has 10 nitrogen and oxygen atoms in total. The van der Waals surface area contributed by atoms with Crippen LogP contribution in [0.15, 0.2) is 79.4 Å². The summed E-state index contributed by atoms with van der Waals surface area (Å²) < 4.78 is 12.6. The highest BCUT2D eigenvalue weighted by atomic mass is 16.5. The fraction of sp³-hybridized carbons (Fsp3) is 0.242. The second-order valence-electron chi connectivity index (χ2n) is 10.1. The normalized spacial score (nSPS) is 10.8. The molecule has 0 radical (unpaired) electrons. The minimum absolute atomic E-state index is 0.00865. The molecular weight excluding hydrogens is 542 g/mol. The van der Waals surface area contributed by atoms with E-state index in [1.54, 1.807) is 32.8 Å². The van der Waals surface area contributed by atoms with Gasteiger partial charge in [-0.2, -0.15) is 0 Å². The van der Waals surface area contributed by atoms with Crippen LogP contribution >= 0.6 is 0 Å². The van der Waals surface area contributed by atoms with Gasteiger partial charge in [-0.25, -0.2) is 15.0 Å². The standard InChI is InChI=1S/C33H35N7O3/c1-6-30(41)28-15-22(2)29(17-34-28)38-33-37-23(3)18-40(33)32-16-31(35-21-36-32)39(19-24-7-11-26(42-4)12-8-24)20-25-9-13-27(43-5)14-10-25/h7-18,21H,6,19-20H2,1-5H3,(H,37,38). The largest absolute Gasteiger partial charge is 0.497 e. The van der Waals surface area contributed by atoms with Crippen LogP contribution in [-0.2, 0) is 13.1 Å². The topological polar surface area (TPSA) is 107 Å². The van der Waals surface area contributed by atoms with Gasteiger partial charge in [0.25, 0.3) is 0 Å². The van der Waals surface area contributed by atoms with Gasteiger partial charge in [-0.3, -0.25) is 14.3 Å². The van der Waals surface area contributed by atoms with E-state index in [-0.39, 0.29) is 5.78 Å². The molecule has 1 N–H and O–H groups in total. The van der Waals surface area contributed by atoms with Crippen LogP contribution in [0, 0.1) is 13.8 Å². The molecule has 0 aliphatic heterocycles. The number of aromatic nitrogens is 5. The predicted molar refractivity (Wildman–Crippen MR) is 167 cm³/mol. The SMILES string of the molecule is CCC(=O)c1cc(C)c(Nc2nc(C)cn2-c2cc(N(Cc3ccc(OC)cc3)Cc3ccc(OC)cc3)ncn2)cn1. The Kier molecular flexibility index (Phi) is 8.95. The molecule has 2 aromatic carbocycles. The van der Waals surface area contributed by atoms with E-state index in [1.165, 1.54) is 0 Å². The Balaban J connectivity index is 1.46. The van der Waals surface area contributed by atoms with Gasteiger partial charge < -0.3 is 19.7 Å². The number of carbonyl (C=O) groups is 1. The molecule has 0 saturated carbocycles. The van der Waals surface area contributed by atoms with Crippen molar-refractivity contribution in [3.8, 4) is 17.3 Å². The molecule has 0 saturated heterocycles. The number of hydrogen-bond donors (Lipinski definition) is 1. The number of anilines is 3. The molecule has 0 unspecified atom stereocenters. The number of benzene rings is 2. The molecule has 0 aliphatic rings. The van der Waals surface area contributed by atoms with Gasteiger partial charge >= 0.3 is 0 Å². The Bertz CT molecular complexity index is 1650. The molecule has 0 amide bonds. The van der Waals surface area contributed by atoms with Crippen molar-refractivity contribution >= 4 is 23.2 Å². The van der Waals surface area contributed by atoms with E-state index in [2.05, 4.69) is 49.4 Å². The minimum atomic E-state index is 0.00865. The highest BCUT2D eigenvalue weighted by Gasteiger charge is 2.16. The summed E-state index contributed by atoms with van der Waals surface area (Å²) in [5.74, 6) is 3.62. The Hall–Kier alpha value is -5.25. The minimum Gasteiger partial charge on any atom is -0.497 e. The van der Waals surface area contributed by atoms with Crippen molar-refractivity contribution in [2.24, 2.45) is 0 Å². The van der Waals surface area contributed by atoms with Crippen LogP contribution in [-0.4, -0.2) is 44.5 Å². The van der Waals surface area contributed by atoms with Crippen molar-refractivity contribution in [1.82, 2.24) is 24.5 Å². The van der Waals surface area contributed by atoms with Crippen LogP contribution in [0.2, 0.25) is 0 Å². The van der Waals surface area contributed by atoms with Gasteiger partial charge in [0.05, 0.1) is 31.8 Å². The van der Waals surface area contributed by atoms with Crippen LogP contribution in [0.3, 0.4) is 0 Å². The van der Waals surface area contributed by atoms with Crippen molar-refractivity contribution in [1.29, 1.82) is 0 Å². The molecule has 0 fully saturated rings. The van der Waals surface area contributed by atoms with Gasteiger partial charge in [0.1, 0.15) is 35.2 Å². The van der Waals surface area contributed by atoms with Gasteiger partial charge in [0.2, 0.25) is 5.95 Å². The second kappa shape index (κ2) is 13.2.